The topological polar surface area (TPSA) is 102 Å². The number of aliphatic hydroxyl groups is 1. The number of ketones is 1. The molecule has 0 radical (unpaired) electrons. The Hall–Kier alpha value is -1.99. The standard InChI is InChI=1S/C31H44ClNO6/c1-8-26(36)38-17-25(35)31(39-27(37)9-2)19(5)14-23-22-11-10-20-15-21(33-18(3)4)12-13-28(20,6)30(22,32)24(34)16-29(23,31)7/h12-13,15,18-19,22-24,34H,8-11,14,16-17H2,1-7H3/t19-,22-,23-,24-,28-,29-,30-,31-/m0/s1. The van der Waals surface area contributed by atoms with E-state index in [0.29, 0.717) is 6.42 Å². The second-order valence-corrected chi connectivity index (χ2v) is 13.3. The summed E-state index contributed by atoms with van der Waals surface area (Å²) in [4.78, 5) is 42.4. The smallest absolute Gasteiger partial charge is 0.306 e. The van der Waals surface area contributed by atoms with Gasteiger partial charge in [0.15, 0.2) is 12.2 Å². The van der Waals surface area contributed by atoms with Gasteiger partial charge in [0.1, 0.15) is 0 Å². The van der Waals surface area contributed by atoms with E-state index in [2.05, 4.69) is 19.1 Å². The first-order valence-electron chi connectivity index (χ1n) is 14.5. The highest BCUT2D eigenvalue weighted by Gasteiger charge is 2.76. The van der Waals surface area contributed by atoms with Gasteiger partial charge in [0.25, 0.3) is 0 Å². The monoisotopic (exact) mass is 561 g/mol. The van der Waals surface area contributed by atoms with Crippen LogP contribution in [0.3, 0.4) is 0 Å². The Morgan fingerprint density at radius 1 is 1.15 bits per heavy atom. The minimum absolute atomic E-state index is 0.0821. The fourth-order valence-electron chi connectivity index (χ4n) is 8.39. The highest BCUT2D eigenvalue weighted by atomic mass is 35.5. The van der Waals surface area contributed by atoms with Crippen molar-refractivity contribution in [2.75, 3.05) is 6.61 Å². The number of nitrogens with zero attached hydrogens (tertiary/aromatic N) is 1. The molecule has 0 bridgehead atoms. The van der Waals surface area contributed by atoms with Crippen molar-refractivity contribution in [3.63, 3.8) is 0 Å². The number of ether oxygens (including phenoxy) is 2. The molecule has 0 spiro atoms. The summed E-state index contributed by atoms with van der Waals surface area (Å²) in [5, 5.41) is 12.0. The summed E-state index contributed by atoms with van der Waals surface area (Å²) in [6, 6.07) is 0.168. The van der Waals surface area contributed by atoms with Crippen LogP contribution in [0.2, 0.25) is 0 Å². The van der Waals surface area contributed by atoms with Crippen molar-refractivity contribution in [2.24, 2.45) is 33.6 Å². The molecule has 8 heteroatoms. The third-order valence-corrected chi connectivity index (χ3v) is 11.2. The maximum Gasteiger partial charge on any atom is 0.306 e. The molecular formula is C31H44ClNO6. The average molecular weight is 562 g/mol. The van der Waals surface area contributed by atoms with Crippen LogP contribution in [0, 0.1) is 28.6 Å². The number of Topliss-reactive ketones (excluding diaryl/α,β-unsaturated/α-hetero) is 1. The molecule has 4 aliphatic rings. The number of fused-ring (bicyclic) bond motifs is 5. The average Bonchev–Trinajstić information content (AvgIpc) is 3.09. The van der Waals surface area contributed by atoms with Crippen LogP contribution in [0.25, 0.3) is 0 Å². The minimum atomic E-state index is -1.52. The molecule has 0 heterocycles. The lowest BCUT2D eigenvalue weighted by molar-refractivity contribution is -0.203. The third-order valence-electron chi connectivity index (χ3n) is 10.2. The Morgan fingerprint density at radius 3 is 2.44 bits per heavy atom. The predicted octanol–water partition coefficient (Wildman–Crippen LogP) is 5.37. The first kappa shape index (κ1) is 30.0. The van der Waals surface area contributed by atoms with Crippen molar-refractivity contribution in [1.29, 1.82) is 0 Å². The van der Waals surface area contributed by atoms with Crippen LogP contribution in [0.5, 0.6) is 0 Å². The molecule has 0 aromatic heterocycles. The Bertz CT molecular complexity index is 1130. The van der Waals surface area contributed by atoms with E-state index in [1.54, 1.807) is 13.8 Å². The zero-order chi connectivity index (χ0) is 29.0. The number of carbonyl (C=O) groups is 3. The number of allylic oxidation sites excluding steroid dienone is 4. The third kappa shape index (κ3) is 4.34. The highest BCUT2D eigenvalue weighted by Crippen LogP contribution is 2.72. The molecule has 0 aliphatic heterocycles. The number of aliphatic hydroxyl groups excluding tert-OH is 1. The second-order valence-electron chi connectivity index (χ2n) is 12.6. The molecule has 0 aromatic rings. The van der Waals surface area contributed by atoms with Crippen molar-refractivity contribution in [1.82, 2.24) is 0 Å². The van der Waals surface area contributed by atoms with Gasteiger partial charge in [0.2, 0.25) is 5.78 Å². The Kier molecular flexibility index (Phi) is 8.03. The fourth-order valence-corrected chi connectivity index (χ4v) is 8.92. The van der Waals surface area contributed by atoms with Crippen molar-refractivity contribution in [2.45, 2.75) is 110 Å². The summed E-state index contributed by atoms with van der Waals surface area (Å²) >= 11 is 7.66. The number of halogens is 1. The van der Waals surface area contributed by atoms with Gasteiger partial charge >= 0.3 is 11.9 Å². The molecule has 39 heavy (non-hydrogen) atoms. The summed E-state index contributed by atoms with van der Waals surface area (Å²) in [6.07, 6.45) is 7.87. The van der Waals surface area contributed by atoms with Crippen molar-refractivity contribution in [3.05, 3.63) is 23.8 Å². The lowest BCUT2D eigenvalue weighted by Crippen LogP contribution is -2.69. The lowest BCUT2D eigenvalue weighted by atomic mass is 9.45. The zero-order valence-electron chi connectivity index (χ0n) is 24.4. The molecule has 216 valence electrons. The molecule has 0 aromatic carbocycles. The lowest BCUT2D eigenvalue weighted by Gasteiger charge is -2.64. The largest absolute Gasteiger partial charge is 0.457 e. The summed E-state index contributed by atoms with van der Waals surface area (Å²) < 4.78 is 11.4. The molecule has 3 fully saturated rings. The number of hydrogen-bond acceptors (Lipinski definition) is 7. The van der Waals surface area contributed by atoms with Crippen molar-refractivity contribution >= 4 is 35.0 Å². The van der Waals surface area contributed by atoms with E-state index in [1.807, 2.05) is 33.8 Å². The molecule has 0 unspecified atom stereocenters. The number of alkyl halides is 1. The molecule has 4 rings (SSSR count). The molecule has 4 aliphatic carbocycles. The number of aliphatic imine (C=N–C) groups is 1. The summed E-state index contributed by atoms with van der Waals surface area (Å²) in [6.45, 7) is 13.0. The first-order chi connectivity index (χ1) is 18.2. The van der Waals surface area contributed by atoms with Gasteiger partial charge in [0.05, 0.1) is 16.7 Å². The van der Waals surface area contributed by atoms with Gasteiger partial charge in [-0.2, -0.15) is 0 Å². The Balaban J connectivity index is 1.78. The summed E-state index contributed by atoms with van der Waals surface area (Å²) in [7, 11) is 0. The molecule has 3 saturated carbocycles. The van der Waals surface area contributed by atoms with E-state index in [0.717, 1.165) is 24.1 Å². The Morgan fingerprint density at radius 2 is 1.82 bits per heavy atom. The van der Waals surface area contributed by atoms with E-state index < -0.39 is 51.7 Å². The van der Waals surface area contributed by atoms with Gasteiger partial charge in [-0.3, -0.25) is 19.4 Å². The van der Waals surface area contributed by atoms with Gasteiger partial charge in [-0.1, -0.05) is 46.3 Å². The second kappa shape index (κ2) is 10.4. The number of esters is 2. The van der Waals surface area contributed by atoms with Gasteiger partial charge in [-0.15, -0.1) is 11.6 Å². The molecule has 0 amide bonds. The van der Waals surface area contributed by atoms with Gasteiger partial charge < -0.3 is 14.6 Å². The maximum atomic E-state index is 14.0. The normalized spacial score (nSPS) is 41.9. The zero-order valence-corrected chi connectivity index (χ0v) is 25.1. The predicted molar refractivity (Wildman–Crippen MR) is 151 cm³/mol. The maximum absolute atomic E-state index is 14.0. The summed E-state index contributed by atoms with van der Waals surface area (Å²) in [5.41, 5.74) is -0.915. The van der Waals surface area contributed by atoms with Crippen LogP contribution < -0.4 is 0 Å². The number of rotatable bonds is 7. The SMILES string of the molecule is CCC(=O)OCC(=O)[C@@]1(OC(=O)CC)[C@@H](C)C[C@H]2[C@@H]3CCC4=CC(=NC(C)C)C=C[C@]4(C)[C@@]3(Cl)[C@@H](O)C[C@@]21C. The van der Waals surface area contributed by atoms with E-state index in [4.69, 9.17) is 26.1 Å². The molecule has 8 atom stereocenters. The molecule has 0 saturated heterocycles. The molecule has 1 N–H and O–H groups in total. The van der Waals surface area contributed by atoms with E-state index in [1.165, 1.54) is 0 Å². The van der Waals surface area contributed by atoms with Crippen molar-refractivity contribution in [3.8, 4) is 0 Å². The van der Waals surface area contributed by atoms with Crippen LogP contribution in [0.1, 0.15) is 87.0 Å². The molecular weight excluding hydrogens is 518 g/mol. The number of carbonyl (C=O) groups excluding carboxylic acids is 3. The summed E-state index contributed by atoms with van der Waals surface area (Å²) in [5.74, 6) is -1.93. The van der Waals surface area contributed by atoms with E-state index in [-0.39, 0.29) is 43.1 Å². The van der Waals surface area contributed by atoms with Crippen LogP contribution in [-0.4, -0.2) is 57.8 Å². The number of hydrogen-bond donors (Lipinski definition) is 1. The fraction of sp³-hybridized carbons (Fsp3) is 0.742. The minimum Gasteiger partial charge on any atom is -0.457 e. The van der Waals surface area contributed by atoms with Crippen molar-refractivity contribution < 1.29 is 29.0 Å². The quantitative estimate of drug-likeness (QED) is 0.331. The van der Waals surface area contributed by atoms with Gasteiger partial charge in [-0.05, 0) is 63.5 Å². The van der Waals surface area contributed by atoms with Gasteiger partial charge in [-0.25, -0.2) is 0 Å². The van der Waals surface area contributed by atoms with Crippen LogP contribution in [0.15, 0.2) is 28.8 Å². The van der Waals surface area contributed by atoms with Gasteiger partial charge in [0, 0.05) is 35.6 Å². The van der Waals surface area contributed by atoms with Crippen LogP contribution >= 0.6 is 11.6 Å². The highest BCUT2D eigenvalue weighted by molar-refractivity contribution is 6.26. The Labute approximate surface area is 237 Å². The van der Waals surface area contributed by atoms with E-state index in [9.17, 15) is 19.5 Å². The van der Waals surface area contributed by atoms with Crippen LogP contribution in [-0.2, 0) is 23.9 Å². The first-order valence-corrected chi connectivity index (χ1v) is 14.8. The molecule has 7 nitrogen and oxygen atoms in total. The van der Waals surface area contributed by atoms with Crippen LogP contribution in [0.4, 0.5) is 0 Å². The van der Waals surface area contributed by atoms with E-state index >= 15 is 0 Å².